The number of rotatable bonds is 4. The molecule has 0 aromatic heterocycles. The van der Waals surface area contributed by atoms with Gasteiger partial charge in [0.25, 0.3) is 0 Å². The van der Waals surface area contributed by atoms with Gasteiger partial charge in [-0.05, 0) is 12.8 Å². The third-order valence-corrected chi connectivity index (χ3v) is 1.42. The van der Waals surface area contributed by atoms with E-state index >= 15 is 0 Å². The SMILES string of the molecule is CCC(CCO)C(=O)ON.O. The van der Waals surface area contributed by atoms with Crippen molar-refractivity contribution in [3.05, 3.63) is 0 Å². The molecule has 0 aromatic carbocycles. The molecule has 0 amide bonds. The molecule has 11 heavy (non-hydrogen) atoms. The third kappa shape index (κ3) is 4.72. The Labute approximate surface area is 65.4 Å². The van der Waals surface area contributed by atoms with Crippen molar-refractivity contribution in [3.63, 3.8) is 0 Å². The summed E-state index contributed by atoms with van der Waals surface area (Å²) in [4.78, 5) is 14.7. The van der Waals surface area contributed by atoms with Gasteiger partial charge < -0.3 is 15.4 Å². The number of nitrogens with two attached hydrogens (primary N) is 1. The van der Waals surface area contributed by atoms with Gasteiger partial charge in [-0.3, -0.25) is 4.79 Å². The molecule has 0 bridgehead atoms. The van der Waals surface area contributed by atoms with Gasteiger partial charge in [0.15, 0.2) is 0 Å². The summed E-state index contributed by atoms with van der Waals surface area (Å²) in [5.41, 5.74) is 0. The van der Waals surface area contributed by atoms with E-state index in [1.165, 1.54) is 0 Å². The quantitative estimate of drug-likeness (QED) is 0.520. The smallest absolute Gasteiger partial charge is 0.327 e. The molecule has 0 saturated carbocycles. The van der Waals surface area contributed by atoms with Crippen molar-refractivity contribution < 1.29 is 20.2 Å². The first kappa shape index (κ1) is 13.0. The summed E-state index contributed by atoms with van der Waals surface area (Å²) in [7, 11) is 0. The third-order valence-electron chi connectivity index (χ3n) is 1.42. The van der Waals surface area contributed by atoms with Gasteiger partial charge in [0.1, 0.15) is 0 Å². The topological polar surface area (TPSA) is 104 Å². The normalized spacial score (nSPS) is 11.5. The van der Waals surface area contributed by atoms with Crippen molar-refractivity contribution in [1.29, 1.82) is 0 Å². The number of carbonyl (C=O) groups is 1. The molecule has 5 N–H and O–H groups in total. The van der Waals surface area contributed by atoms with Crippen LogP contribution in [0.3, 0.4) is 0 Å². The molecule has 0 aliphatic rings. The second kappa shape index (κ2) is 7.46. The summed E-state index contributed by atoms with van der Waals surface area (Å²) in [6, 6.07) is 0. The van der Waals surface area contributed by atoms with Crippen LogP contribution in [-0.4, -0.2) is 23.2 Å². The van der Waals surface area contributed by atoms with E-state index in [1.54, 1.807) is 0 Å². The van der Waals surface area contributed by atoms with Crippen molar-refractivity contribution in [1.82, 2.24) is 0 Å². The van der Waals surface area contributed by atoms with E-state index in [-0.39, 0.29) is 18.0 Å². The van der Waals surface area contributed by atoms with E-state index in [0.29, 0.717) is 12.8 Å². The molecule has 0 saturated heterocycles. The van der Waals surface area contributed by atoms with E-state index in [0.717, 1.165) is 0 Å². The van der Waals surface area contributed by atoms with E-state index in [9.17, 15) is 4.79 Å². The lowest BCUT2D eigenvalue weighted by Crippen LogP contribution is -2.21. The Bertz CT molecular complexity index is 107. The Morgan fingerprint density at radius 2 is 2.27 bits per heavy atom. The van der Waals surface area contributed by atoms with Crippen molar-refractivity contribution in [2.45, 2.75) is 19.8 Å². The predicted octanol–water partition coefficient (Wildman–Crippen LogP) is -1.01. The standard InChI is InChI=1S/C6H13NO3.H2O/c1-2-5(3-4-8)6(9)10-7;/h5,8H,2-4,7H2,1H3;1H2. The van der Waals surface area contributed by atoms with Gasteiger partial charge in [0.05, 0.1) is 5.92 Å². The second-order valence-electron chi connectivity index (χ2n) is 2.05. The molecule has 1 atom stereocenters. The molecule has 0 heterocycles. The van der Waals surface area contributed by atoms with Crippen LogP contribution in [0.4, 0.5) is 0 Å². The van der Waals surface area contributed by atoms with Crippen LogP contribution in [0.15, 0.2) is 0 Å². The maximum Gasteiger partial charge on any atom is 0.327 e. The summed E-state index contributed by atoms with van der Waals surface area (Å²) < 4.78 is 0. The van der Waals surface area contributed by atoms with E-state index in [2.05, 4.69) is 10.7 Å². The fourth-order valence-electron chi connectivity index (χ4n) is 0.741. The summed E-state index contributed by atoms with van der Waals surface area (Å²) in [6.45, 7) is 1.84. The van der Waals surface area contributed by atoms with Crippen molar-refractivity contribution >= 4 is 5.97 Å². The molecule has 0 rings (SSSR count). The lowest BCUT2D eigenvalue weighted by molar-refractivity contribution is -0.149. The maximum absolute atomic E-state index is 10.7. The van der Waals surface area contributed by atoms with Crippen LogP contribution in [-0.2, 0) is 9.63 Å². The van der Waals surface area contributed by atoms with Crippen LogP contribution < -0.4 is 5.90 Å². The fraction of sp³-hybridized carbons (Fsp3) is 0.833. The number of aliphatic hydroxyl groups excluding tert-OH is 1. The minimum absolute atomic E-state index is 0. The highest BCUT2D eigenvalue weighted by Gasteiger charge is 2.15. The molecule has 5 nitrogen and oxygen atoms in total. The summed E-state index contributed by atoms with van der Waals surface area (Å²) in [5, 5.41) is 8.46. The number of aliphatic hydroxyl groups is 1. The average molecular weight is 165 g/mol. The first-order valence-corrected chi connectivity index (χ1v) is 3.27. The summed E-state index contributed by atoms with van der Waals surface area (Å²) >= 11 is 0. The molecule has 0 aliphatic carbocycles. The van der Waals surface area contributed by atoms with Crippen molar-refractivity contribution in [2.75, 3.05) is 6.61 Å². The van der Waals surface area contributed by atoms with Gasteiger partial charge in [0.2, 0.25) is 0 Å². The van der Waals surface area contributed by atoms with E-state index < -0.39 is 5.97 Å². The Hall–Kier alpha value is -0.650. The highest BCUT2D eigenvalue weighted by atomic mass is 16.7. The van der Waals surface area contributed by atoms with Gasteiger partial charge in [0, 0.05) is 6.61 Å². The predicted molar refractivity (Wildman–Crippen MR) is 39.4 cm³/mol. The van der Waals surface area contributed by atoms with Gasteiger partial charge >= 0.3 is 5.97 Å². The Morgan fingerprint density at radius 1 is 1.73 bits per heavy atom. The minimum atomic E-state index is -0.448. The van der Waals surface area contributed by atoms with Gasteiger partial charge in [-0.25, -0.2) is 0 Å². The van der Waals surface area contributed by atoms with Crippen LogP contribution in [0.5, 0.6) is 0 Å². The zero-order chi connectivity index (χ0) is 7.98. The molecular weight excluding hydrogens is 150 g/mol. The van der Waals surface area contributed by atoms with Gasteiger partial charge in [-0.2, -0.15) is 5.90 Å². The minimum Gasteiger partial charge on any atom is -0.412 e. The molecule has 0 aromatic rings. The van der Waals surface area contributed by atoms with Gasteiger partial charge in [-0.15, -0.1) is 0 Å². The highest BCUT2D eigenvalue weighted by molar-refractivity contribution is 5.71. The van der Waals surface area contributed by atoms with Gasteiger partial charge in [-0.1, -0.05) is 6.92 Å². The lowest BCUT2D eigenvalue weighted by Gasteiger charge is -2.08. The zero-order valence-corrected chi connectivity index (χ0v) is 6.54. The monoisotopic (exact) mass is 165 g/mol. The molecule has 1 unspecified atom stereocenters. The Morgan fingerprint density at radius 3 is 2.55 bits per heavy atom. The van der Waals surface area contributed by atoms with Crippen LogP contribution in [0.2, 0.25) is 0 Å². The van der Waals surface area contributed by atoms with Crippen LogP contribution >= 0.6 is 0 Å². The molecule has 0 aliphatic heterocycles. The number of hydrogen-bond acceptors (Lipinski definition) is 4. The number of hydrogen-bond donors (Lipinski definition) is 2. The number of carbonyl (C=O) groups excluding carboxylic acids is 1. The summed E-state index contributed by atoms with van der Waals surface area (Å²) in [5.74, 6) is 3.95. The second-order valence-corrected chi connectivity index (χ2v) is 2.05. The van der Waals surface area contributed by atoms with E-state index in [1.807, 2.05) is 6.92 Å². The zero-order valence-electron chi connectivity index (χ0n) is 6.54. The van der Waals surface area contributed by atoms with E-state index in [4.69, 9.17) is 5.11 Å². The first-order valence-electron chi connectivity index (χ1n) is 3.27. The maximum atomic E-state index is 10.7. The first-order chi connectivity index (χ1) is 4.76. The molecule has 0 radical (unpaired) electrons. The fourth-order valence-corrected chi connectivity index (χ4v) is 0.741. The average Bonchev–Trinajstić information content (AvgIpc) is 1.99. The van der Waals surface area contributed by atoms with Crippen LogP contribution in [0.25, 0.3) is 0 Å². The molecule has 5 heteroatoms. The summed E-state index contributed by atoms with van der Waals surface area (Å²) in [6.07, 6.45) is 1.07. The molecule has 0 spiro atoms. The van der Waals surface area contributed by atoms with Crippen molar-refractivity contribution in [3.8, 4) is 0 Å². The van der Waals surface area contributed by atoms with Crippen LogP contribution in [0, 0.1) is 5.92 Å². The van der Waals surface area contributed by atoms with Crippen LogP contribution in [0.1, 0.15) is 19.8 Å². The largest absolute Gasteiger partial charge is 0.412 e. The van der Waals surface area contributed by atoms with Crippen molar-refractivity contribution in [2.24, 2.45) is 11.8 Å². The molecular formula is C6H15NO4. The Balaban J connectivity index is 0. The Kier molecular flexibility index (Phi) is 8.80. The molecule has 0 fully saturated rings. The highest BCUT2D eigenvalue weighted by Crippen LogP contribution is 2.07. The molecule has 68 valence electrons. The lowest BCUT2D eigenvalue weighted by atomic mass is 10.0.